The van der Waals surface area contributed by atoms with Gasteiger partial charge in [0.15, 0.2) is 0 Å². The largest absolute Gasteiger partial charge is 0.480 e. The van der Waals surface area contributed by atoms with Gasteiger partial charge < -0.3 is 9.63 Å². The lowest BCUT2D eigenvalue weighted by atomic mass is 9.81. The predicted octanol–water partition coefficient (Wildman–Crippen LogP) is 1.86. The van der Waals surface area contributed by atoms with Gasteiger partial charge in [-0.15, -0.1) is 0 Å². The summed E-state index contributed by atoms with van der Waals surface area (Å²) in [6.45, 7) is 2.27. The molecule has 0 atom stereocenters. The number of carboxylic acids is 1. The third kappa shape index (κ3) is 2.66. The van der Waals surface area contributed by atoms with Gasteiger partial charge in [0.1, 0.15) is 11.3 Å². The van der Waals surface area contributed by atoms with Crippen LogP contribution in [0.15, 0.2) is 10.6 Å². The standard InChI is InChI=1S/C12H18N2O3/c1-9-7-10(14-17-9)8-13-12(11(15)16)5-3-2-4-6-12/h7,13H,2-6,8H2,1H3,(H,15,16). The van der Waals surface area contributed by atoms with E-state index in [1.807, 2.05) is 13.0 Å². The van der Waals surface area contributed by atoms with E-state index < -0.39 is 11.5 Å². The number of nitrogens with zero attached hydrogens (tertiary/aromatic N) is 1. The lowest BCUT2D eigenvalue weighted by Gasteiger charge is -2.33. The smallest absolute Gasteiger partial charge is 0.323 e. The first-order valence-corrected chi connectivity index (χ1v) is 6.03. The summed E-state index contributed by atoms with van der Waals surface area (Å²) >= 11 is 0. The zero-order chi connectivity index (χ0) is 12.3. The molecule has 1 aromatic rings. The second-order valence-corrected chi connectivity index (χ2v) is 4.73. The Hall–Kier alpha value is -1.36. The molecule has 5 nitrogen and oxygen atoms in total. The molecule has 2 rings (SSSR count). The van der Waals surface area contributed by atoms with Crippen LogP contribution in [0.5, 0.6) is 0 Å². The maximum atomic E-state index is 11.4. The summed E-state index contributed by atoms with van der Waals surface area (Å²) in [6, 6.07) is 1.82. The topological polar surface area (TPSA) is 75.4 Å². The van der Waals surface area contributed by atoms with Gasteiger partial charge in [0.05, 0.1) is 5.69 Å². The van der Waals surface area contributed by atoms with E-state index >= 15 is 0 Å². The number of hydrogen-bond donors (Lipinski definition) is 2. The summed E-state index contributed by atoms with van der Waals surface area (Å²) in [5.41, 5.74) is -0.0147. The molecular weight excluding hydrogens is 220 g/mol. The van der Waals surface area contributed by atoms with Crippen molar-refractivity contribution in [3.05, 3.63) is 17.5 Å². The number of aliphatic carboxylic acids is 1. The Balaban J connectivity index is 2.00. The van der Waals surface area contributed by atoms with E-state index in [9.17, 15) is 9.90 Å². The van der Waals surface area contributed by atoms with Gasteiger partial charge in [0.25, 0.3) is 0 Å². The molecule has 1 fully saturated rings. The molecule has 2 N–H and O–H groups in total. The van der Waals surface area contributed by atoms with E-state index in [1.165, 1.54) is 0 Å². The molecule has 0 unspecified atom stereocenters. The number of hydrogen-bond acceptors (Lipinski definition) is 4. The second kappa shape index (κ2) is 4.87. The van der Waals surface area contributed by atoms with Gasteiger partial charge in [-0.25, -0.2) is 0 Å². The van der Waals surface area contributed by atoms with Crippen molar-refractivity contribution in [1.82, 2.24) is 10.5 Å². The van der Waals surface area contributed by atoms with Gasteiger partial charge >= 0.3 is 5.97 Å². The van der Waals surface area contributed by atoms with Gasteiger partial charge in [-0.1, -0.05) is 24.4 Å². The van der Waals surface area contributed by atoms with Crippen LogP contribution < -0.4 is 5.32 Å². The molecule has 0 amide bonds. The van der Waals surface area contributed by atoms with Crippen LogP contribution in [0.3, 0.4) is 0 Å². The molecule has 1 aliphatic rings. The summed E-state index contributed by atoms with van der Waals surface area (Å²) in [5.74, 6) is -0.00719. The first-order valence-electron chi connectivity index (χ1n) is 6.03. The Morgan fingerprint density at radius 2 is 2.24 bits per heavy atom. The molecule has 17 heavy (non-hydrogen) atoms. The Morgan fingerprint density at radius 1 is 1.53 bits per heavy atom. The van der Waals surface area contributed by atoms with Crippen LogP contribution in [0.4, 0.5) is 0 Å². The Morgan fingerprint density at radius 3 is 2.76 bits per heavy atom. The molecule has 0 saturated heterocycles. The van der Waals surface area contributed by atoms with Crippen LogP contribution in [-0.4, -0.2) is 21.8 Å². The first kappa shape index (κ1) is 12.1. The van der Waals surface area contributed by atoms with Crippen LogP contribution in [0, 0.1) is 6.92 Å². The van der Waals surface area contributed by atoms with E-state index in [0.29, 0.717) is 19.4 Å². The van der Waals surface area contributed by atoms with Crippen molar-refractivity contribution in [2.24, 2.45) is 0 Å². The maximum Gasteiger partial charge on any atom is 0.323 e. The average Bonchev–Trinajstić information content (AvgIpc) is 2.74. The minimum absolute atomic E-state index is 0.448. The summed E-state index contributed by atoms with van der Waals surface area (Å²) in [5, 5.41) is 16.4. The lowest BCUT2D eigenvalue weighted by Crippen LogP contribution is -2.52. The average molecular weight is 238 g/mol. The van der Waals surface area contributed by atoms with E-state index in [-0.39, 0.29) is 0 Å². The fourth-order valence-electron chi connectivity index (χ4n) is 2.38. The van der Waals surface area contributed by atoms with Crippen LogP contribution in [0.25, 0.3) is 0 Å². The van der Waals surface area contributed by atoms with E-state index in [2.05, 4.69) is 10.5 Å². The molecule has 0 spiro atoms. The fraction of sp³-hybridized carbons (Fsp3) is 0.667. The molecule has 1 heterocycles. The monoisotopic (exact) mass is 238 g/mol. The highest BCUT2D eigenvalue weighted by Gasteiger charge is 2.39. The van der Waals surface area contributed by atoms with Crippen LogP contribution in [0.1, 0.15) is 43.6 Å². The zero-order valence-electron chi connectivity index (χ0n) is 10.0. The number of aromatic nitrogens is 1. The van der Waals surface area contributed by atoms with Crippen LogP contribution in [0.2, 0.25) is 0 Å². The first-order chi connectivity index (χ1) is 8.12. The molecule has 5 heteroatoms. The summed E-state index contributed by atoms with van der Waals surface area (Å²) in [6.07, 6.45) is 4.45. The highest BCUT2D eigenvalue weighted by molar-refractivity contribution is 5.78. The Kier molecular flexibility index (Phi) is 3.47. The Bertz CT molecular complexity index is 394. The molecule has 0 aromatic carbocycles. The van der Waals surface area contributed by atoms with Crippen molar-refractivity contribution < 1.29 is 14.4 Å². The minimum Gasteiger partial charge on any atom is -0.480 e. The van der Waals surface area contributed by atoms with Crippen molar-refractivity contribution in [3.8, 4) is 0 Å². The molecule has 0 aliphatic heterocycles. The van der Waals surface area contributed by atoms with Crippen LogP contribution >= 0.6 is 0 Å². The van der Waals surface area contributed by atoms with Crippen molar-refractivity contribution >= 4 is 5.97 Å². The number of carboxylic acid groups (broad SMARTS) is 1. The highest BCUT2D eigenvalue weighted by atomic mass is 16.5. The summed E-state index contributed by atoms with van der Waals surface area (Å²) in [4.78, 5) is 11.4. The lowest BCUT2D eigenvalue weighted by molar-refractivity contribution is -0.146. The van der Waals surface area contributed by atoms with Crippen LogP contribution in [-0.2, 0) is 11.3 Å². The number of nitrogens with one attached hydrogen (secondary N) is 1. The van der Waals surface area contributed by atoms with Crippen molar-refractivity contribution in [2.75, 3.05) is 0 Å². The molecule has 0 radical (unpaired) electrons. The summed E-state index contributed by atoms with van der Waals surface area (Å²) in [7, 11) is 0. The predicted molar refractivity (Wildman–Crippen MR) is 61.5 cm³/mol. The van der Waals surface area contributed by atoms with Gasteiger partial charge in [0, 0.05) is 12.6 Å². The molecule has 1 saturated carbocycles. The van der Waals surface area contributed by atoms with Gasteiger partial charge in [-0.3, -0.25) is 10.1 Å². The molecule has 1 aliphatic carbocycles. The third-order valence-electron chi connectivity index (χ3n) is 3.40. The number of aryl methyl sites for hydroxylation is 1. The fourth-order valence-corrected chi connectivity index (χ4v) is 2.38. The minimum atomic E-state index is -0.773. The van der Waals surface area contributed by atoms with Crippen molar-refractivity contribution in [2.45, 2.75) is 51.1 Å². The zero-order valence-corrected chi connectivity index (χ0v) is 10.0. The normalized spacial score (nSPS) is 19.1. The van der Waals surface area contributed by atoms with E-state index in [1.54, 1.807) is 0 Å². The summed E-state index contributed by atoms with van der Waals surface area (Å²) < 4.78 is 4.96. The Labute approximate surface area is 100 Å². The maximum absolute atomic E-state index is 11.4. The van der Waals surface area contributed by atoms with Gasteiger partial charge in [-0.2, -0.15) is 0 Å². The molecule has 0 bridgehead atoms. The van der Waals surface area contributed by atoms with E-state index in [0.717, 1.165) is 30.7 Å². The SMILES string of the molecule is Cc1cc(CNC2(C(=O)O)CCCCC2)no1. The highest BCUT2D eigenvalue weighted by Crippen LogP contribution is 2.28. The van der Waals surface area contributed by atoms with Crippen molar-refractivity contribution in [3.63, 3.8) is 0 Å². The molecule has 94 valence electrons. The van der Waals surface area contributed by atoms with Gasteiger partial charge in [-0.05, 0) is 19.8 Å². The van der Waals surface area contributed by atoms with E-state index in [4.69, 9.17) is 4.52 Å². The third-order valence-corrected chi connectivity index (χ3v) is 3.40. The second-order valence-electron chi connectivity index (χ2n) is 4.73. The number of carbonyl (C=O) groups is 1. The number of rotatable bonds is 4. The quantitative estimate of drug-likeness (QED) is 0.837. The molecule has 1 aromatic heterocycles. The van der Waals surface area contributed by atoms with Gasteiger partial charge in [0.2, 0.25) is 0 Å². The molecular formula is C12H18N2O3. The van der Waals surface area contributed by atoms with Crippen molar-refractivity contribution in [1.29, 1.82) is 0 Å².